The summed E-state index contributed by atoms with van der Waals surface area (Å²) in [6.45, 7) is 6.86. The van der Waals surface area contributed by atoms with Crippen molar-refractivity contribution in [3.63, 3.8) is 0 Å². The number of rotatable bonds is 6. The van der Waals surface area contributed by atoms with E-state index in [1.807, 2.05) is 18.3 Å². The molecule has 3 N–H and O–H groups in total. The highest BCUT2D eigenvalue weighted by atomic mass is 35.5. The van der Waals surface area contributed by atoms with Gasteiger partial charge in [0, 0.05) is 62.4 Å². The fraction of sp³-hybridized carbons (Fsp3) is 0.640. The monoisotopic (exact) mass is 457 g/mol. The van der Waals surface area contributed by atoms with Gasteiger partial charge in [-0.3, -0.25) is 9.69 Å². The maximum absolute atomic E-state index is 13.5. The minimum absolute atomic E-state index is 0.00122. The highest BCUT2D eigenvalue weighted by molar-refractivity contribution is 6.36. The number of nitrogens with zero attached hydrogens (tertiary/aromatic N) is 2. The van der Waals surface area contributed by atoms with Gasteiger partial charge >= 0.3 is 0 Å². The van der Waals surface area contributed by atoms with Crippen LogP contribution in [-0.4, -0.2) is 66.2 Å². The predicted molar refractivity (Wildman–Crippen MR) is 131 cm³/mol. The SMILES string of the molecule is O=C(NCC1(N2CCNCC2)CCCCC1)c1cn(C[C@@H]2CCCN2)c2cccc(Cl)c12. The second-order valence-corrected chi connectivity index (χ2v) is 10.2. The van der Waals surface area contributed by atoms with Crippen molar-refractivity contribution in [2.45, 2.75) is 63.1 Å². The third-order valence-corrected chi connectivity index (χ3v) is 8.14. The fourth-order valence-electron chi connectivity index (χ4n) is 6.08. The lowest BCUT2D eigenvalue weighted by Crippen LogP contribution is -2.61. The Morgan fingerprint density at radius 1 is 1.12 bits per heavy atom. The summed E-state index contributed by atoms with van der Waals surface area (Å²) in [6, 6.07) is 6.41. The molecule has 1 aromatic carbocycles. The minimum Gasteiger partial charge on any atom is -0.350 e. The fourth-order valence-corrected chi connectivity index (χ4v) is 6.35. The molecular weight excluding hydrogens is 422 g/mol. The Morgan fingerprint density at radius 3 is 2.69 bits per heavy atom. The molecule has 1 aliphatic carbocycles. The molecule has 0 unspecified atom stereocenters. The van der Waals surface area contributed by atoms with Crippen molar-refractivity contribution in [3.05, 3.63) is 35.0 Å². The second-order valence-electron chi connectivity index (χ2n) is 9.83. The van der Waals surface area contributed by atoms with Crippen LogP contribution in [-0.2, 0) is 6.54 Å². The third-order valence-electron chi connectivity index (χ3n) is 7.83. The summed E-state index contributed by atoms with van der Waals surface area (Å²) in [5, 5.41) is 11.9. The number of hydrogen-bond donors (Lipinski definition) is 3. The number of nitrogens with one attached hydrogen (secondary N) is 3. The van der Waals surface area contributed by atoms with Gasteiger partial charge in [0.2, 0.25) is 0 Å². The molecule has 5 rings (SSSR count). The maximum Gasteiger partial charge on any atom is 0.253 e. The summed E-state index contributed by atoms with van der Waals surface area (Å²) < 4.78 is 2.21. The average molecular weight is 458 g/mol. The molecule has 1 atom stereocenters. The van der Waals surface area contributed by atoms with Crippen molar-refractivity contribution < 1.29 is 4.79 Å². The lowest BCUT2D eigenvalue weighted by atomic mass is 9.79. The lowest BCUT2D eigenvalue weighted by molar-refractivity contribution is 0.0379. The number of benzene rings is 1. The minimum atomic E-state index is 0.00122. The summed E-state index contributed by atoms with van der Waals surface area (Å²) in [4.78, 5) is 16.1. The van der Waals surface area contributed by atoms with E-state index in [2.05, 4.69) is 31.5 Å². The molecule has 6 nitrogen and oxygen atoms in total. The Labute approximate surface area is 196 Å². The van der Waals surface area contributed by atoms with Crippen LogP contribution < -0.4 is 16.0 Å². The van der Waals surface area contributed by atoms with Gasteiger partial charge in [-0.1, -0.05) is 36.9 Å². The van der Waals surface area contributed by atoms with Crippen LogP contribution in [0.5, 0.6) is 0 Å². The van der Waals surface area contributed by atoms with Gasteiger partial charge in [-0.25, -0.2) is 0 Å². The van der Waals surface area contributed by atoms with Gasteiger partial charge in [-0.2, -0.15) is 0 Å². The molecule has 174 valence electrons. The van der Waals surface area contributed by atoms with Gasteiger partial charge in [0.1, 0.15) is 0 Å². The molecule has 0 radical (unpaired) electrons. The van der Waals surface area contributed by atoms with Crippen LogP contribution in [0.25, 0.3) is 10.9 Å². The Balaban J connectivity index is 1.38. The zero-order chi connectivity index (χ0) is 22.0. The molecule has 0 bridgehead atoms. The smallest absolute Gasteiger partial charge is 0.253 e. The van der Waals surface area contributed by atoms with Crippen molar-refractivity contribution in [2.75, 3.05) is 39.3 Å². The number of carbonyl (C=O) groups excluding carboxylic acids is 1. The largest absolute Gasteiger partial charge is 0.350 e. The van der Waals surface area contributed by atoms with E-state index in [9.17, 15) is 4.79 Å². The Hall–Kier alpha value is -1.60. The number of carbonyl (C=O) groups is 1. The number of aromatic nitrogens is 1. The molecule has 3 heterocycles. The molecular formula is C25H36ClN5O. The molecule has 32 heavy (non-hydrogen) atoms. The van der Waals surface area contributed by atoms with E-state index in [0.29, 0.717) is 23.2 Å². The molecule has 1 aromatic heterocycles. The van der Waals surface area contributed by atoms with Crippen LogP contribution >= 0.6 is 11.6 Å². The molecule has 3 aliphatic rings. The normalized spacial score (nSPS) is 24.1. The van der Waals surface area contributed by atoms with Gasteiger partial charge in [-0.15, -0.1) is 0 Å². The summed E-state index contributed by atoms with van der Waals surface area (Å²) in [5.41, 5.74) is 1.84. The summed E-state index contributed by atoms with van der Waals surface area (Å²) in [5.74, 6) is 0.00122. The number of fused-ring (bicyclic) bond motifs is 1. The molecule has 3 fully saturated rings. The standard InChI is InChI=1S/C25H36ClN5O/c26-21-7-4-8-22-23(21)20(17-30(22)16-19-6-5-11-28-19)24(32)29-18-25(9-2-1-3-10-25)31-14-12-27-13-15-31/h4,7-8,17,19,27-28H,1-3,5-6,9-16,18H2,(H,29,32)/t19-/m0/s1. The van der Waals surface area contributed by atoms with Crippen LogP contribution in [0.4, 0.5) is 0 Å². The Morgan fingerprint density at radius 2 is 1.94 bits per heavy atom. The van der Waals surface area contributed by atoms with E-state index >= 15 is 0 Å². The van der Waals surface area contributed by atoms with E-state index in [-0.39, 0.29) is 11.4 Å². The highest BCUT2D eigenvalue weighted by Gasteiger charge is 2.38. The summed E-state index contributed by atoms with van der Waals surface area (Å²) in [7, 11) is 0. The lowest BCUT2D eigenvalue weighted by Gasteiger charge is -2.48. The van der Waals surface area contributed by atoms with Crippen LogP contribution in [0.2, 0.25) is 5.02 Å². The van der Waals surface area contributed by atoms with Gasteiger partial charge in [0.25, 0.3) is 5.91 Å². The predicted octanol–water partition coefficient (Wildman–Crippen LogP) is 3.38. The number of halogens is 1. The zero-order valence-corrected chi connectivity index (χ0v) is 19.7. The van der Waals surface area contributed by atoms with Gasteiger partial charge in [0.15, 0.2) is 0 Å². The third kappa shape index (κ3) is 4.43. The first-order valence-electron chi connectivity index (χ1n) is 12.4. The van der Waals surface area contributed by atoms with Gasteiger partial charge in [-0.05, 0) is 44.4 Å². The Bertz CT molecular complexity index is 939. The number of hydrogen-bond acceptors (Lipinski definition) is 4. The topological polar surface area (TPSA) is 61.3 Å². The molecule has 1 amide bonds. The first kappa shape index (κ1) is 22.2. The number of piperazine rings is 1. The Kier molecular flexibility index (Phi) is 6.74. The molecule has 2 aromatic rings. The first-order valence-corrected chi connectivity index (χ1v) is 12.8. The van der Waals surface area contributed by atoms with E-state index in [0.717, 1.165) is 50.2 Å². The molecule has 1 saturated carbocycles. The molecule has 2 aliphatic heterocycles. The second kappa shape index (κ2) is 9.72. The molecule has 7 heteroatoms. The van der Waals surface area contributed by atoms with Crippen LogP contribution in [0.15, 0.2) is 24.4 Å². The summed E-state index contributed by atoms with van der Waals surface area (Å²) in [6.07, 6.45) is 10.6. The van der Waals surface area contributed by atoms with Crippen molar-refractivity contribution in [3.8, 4) is 0 Å². The van der Waals surface area contributed by atoms with Crippen molar-refractivity contribution in [1.29, 1.82) is 0 Å². The average Bonchev–Trinajstić information content (AvgIpc) is 3.48. The van der Waals surface area contributed by atoms with Gasteiger partial charge in [0.05, 0.1) is 16.1 Å². The maximum atomic E-state index is 13.5. The van der Waals surface area contributed by atoms with E-state index in [4.69, 9.17) is 11.6 Å². The highest BCUT2D eigenvalue weighted by Crippen LogP contribution is 2.34. The summed E-state index contributed by atoms with van der Waals surface area (Å²) >= 11 is 6.61. The first-order chi connectivity index (χ1) is 15.7. The van der Waals surface area contributed by atoms with Crippen LogP contribution in [0.3, 0.4) is 0 Å². The van der Waals surface area contributed by atoms with Crippen molar-refractivity contribution in [1.82, 2.24) is 25.4 Å². The van der Waals surface area contributed by atoms with E-state index < -0.39 is 0 Å². The van der Waals surface area contributed by atoms with Crippen LogP contribution in [0.1, 0.15) is 55.3 Å². The van der Waals surface area contributed by atoms with E-state index in [1.54, 1.807) is 0 Å². The number of amides is 1. The van der Waals surface area contributed by atoms with Crippen molar-refractivity contribution >= 4 is 28.4 Å². The van der Waals surface area contributed by atoms with Crippen molar-refractivity contribution in [2.24, 2.45) is 0 Å². The molecule has 0 spiro atoms. The molecule has 2 saturated heterocycles. The zero-order valence-electron chi connectivity index (χ0n) is 19.0. The van der Waals surface area contributed by atoms with E-state index in [1.165, 1.54) is 44.9 Å². The quantitative estimate of drug-likeness (QED) is 0.622. The van der Waals surface area contributed by atoms with Gasteiger partial charge < -0.3 is 20.5 Å². The van der Waals surface area contributed by atoms with Crippen LogP contribution in [0, 0.1) is 0 Å².